The van der Waals surface area contributed by atoms with Crippen molar-refractivity contribution in [1.29, 1.82) is 0 Å². The average molecular weight is 365 g/mol. The molecule has 2 amide bonds. The van der Waals surface area contributed by atoms with E-state index < -0.39 is 6.10 Å². The summed E-state index contributed by atoms with van der Waals surface area (Å²) in [5.74, 6) is 0.741. The third-order valence-electron chi connectivity index (χ3n) is 5.42. The zero-order chi connectivity index (χ0) is 18.0. The van der Waals surface area contributed by atoms with Crippen LogP contribution in [-0.4, -0.2) is 47.1 Å². The number of hydrogen-bond donors (Lipinski definition) is 2. The zero-order valence-electron chi connectivity index (χ0n) is 14.5. The average Bonchev–Trinajstić information content (AvgIpc) is 2.96. The summed E-state index contributed by atoms with van der Waals surface area (Å²) in [5.41, 5.74) is 1.11. The Morgan fingerprint density at radius 2 is 1.84 bits per heavy atom. The van der Waals surface area contributed by atoms with E-state index in [9.17, 15) is 14.7 Å². The molecule has 25 heavy (non-hydrogen) atoms. The maximum Gasteiger partial charge on any atom is 0.222 e. The number of hydrogen-bond acceptors (Lipinski definition) is 3. The molecule has 2 aliphatic rings. The van der Waals surface area contributed by atoms with Gasteiger partial charge in [0.1, 0.15) is 0 Å². The number of aryl methyl sites for hydroxylation is 1. The van der Waals surface area contributed by atoms with Gasteiger partial charge in [0.05, 0.1) is 12.1 Å². The van der Waals surface area contributed by atoms with Gasteiger partial charge in [-0.05, 0) is 48.8 Å². The molecule has 0 radical (unpaired) electrons. The summed E-state index contributed by atoms with van der Waals surface area (Å²) in [7, 11) is 0. The molecular weight excluding hydrogens is 340 g/mol. The first-order chi connectivity index (χ1) is 11.9. The second-order valence-corrected chi connectivity index (χ2v) is 7.73. The van der Waals surface area contributed by atoms with E-state index in [4.69, 9.17) is 11.6 Å². The number of amides is 2. The summed E-state index contributed by atoms with van der Waals surface area (Å²) in [6.45, 7) is 2.92. The van der Waals surface area contributed by atoms with Crippen LogP contribution in [0.4, 0.5) is 0 Å². The molecule has 136 valence electrons. The second-order valence-electron chi connectivity index (χ2n) is 7.29. The summed E-state index contributed by atoms with van der Waals surface area (Å²) in [6, 6.07) is 7.40. The number of nitrogens with one attached hydrogen (secondary N) is 1. The Labute approximate surface area is 153 Å². The molecule has 0 bridgehead atoms. The number of rotatable bonds is 4. The lowest BCUT2D eigenvalue weighted by molar-refractivity contribution is -0.130. The van der Waals surface area contributed by atoms with Crippen molar-refractivity contribution in [3.63, 3.8) is 0 Å². The van der Waals surface area contributed by atoms with Crippen molar-refractivity contribution >= 4 is 23.4 Å². The molecule has 0 spiro atoms. The molecule has 0 aromatic heterocycles. The van der Waals surface area contributed by atoms with E-state index in [1.807, 2.05) is 29.2 Å². The predicted octanol–water partition coefficient (Wildman–Crippen LogP) is 2.01. The molecule has 4 atom stereocenters. The van der Waals surface area contributed by atoms with Crippen LogP contribution in [0.25, 0.3) is 0 Å². The smallest absolute Gasteiger partial charge is 0.222 e. The van der Waals surface area contributed by atoms with Crippen LogP contribution in [-0.2, 0) is 16.0 Å². The molecule has 1 aliphatic heterocycles. The van der Waals surface area contributed by atoms with Gasteiger partial charge in [0, 0.05) is 31.5 Å². The molecule has 2 fully saturated rings. The fourth-order valence-corrected chi connectivity index (χ4v) is 4.24. The number of carbonyl (C=O) groups excluding carboxylic acids is 2. The van der Waals surface area contributed by atoms with Gasteiger partial charge in [-0.2, -0.15) is 0 Å². The van der Waals surface area contributed by atoms with E-state index >= 15 is 0 Å². The minimum atomic E-state index is -0.519. The molecule has 2 N–H and O–H groups in total. The molecule has 1 aliphatic carbocycles. The van der Waals surface area contributed by atoms with E-state index in [2.05, 4.69) is 5.32 Å². The lowest BCUT2D eigenvalue weighted by Gasteiger charge is -2.35. The summed E-state index contributed by atoms with van der Waals surface area (Å²) in [6.07, 6.45) is 2.06. The third-order valence-corrected chi connectivity index (χ3v) is 5.68. The molecule has 5 nitrogen and oxygen atoms in total. The van der Waals surface area contributed by atoms with Crippen LogP contribution in [0.15, 0.2) is 24.3 Å². The first kappa shape index (κ1) is 18.2. The highest BCUT2D eigenvalue weighted by Crippen LogP contribution is 2.36. The maximum absolute atomic E-state index is 12.5. The third kappa shape index (κ3) is 4.53. The lowest BCUT2D eigenvalue weighted by Crippen LogP contribution is -2.48. The Bertz CT molecular complexity index is 634. The van der Waals surface area contributed by atoms with Gasteiger partial charge in [-0.1, -0.05) is 23.7 Å². The number of fused-ring (bicyclic) bond motifs is 1. The molecule has 6 heteroatoms. The number of halogens is 1. The van der Waals surface area contributed by atoms with Crippen LogP contribution in [0.5, 0.6) is 0 Å². The Morgan fingerprint density at radius 3 is 2.48 bits per heavy atom. The van der Waals surface area contributed by atoms with Crippen LogP contribution < -0.4 is 5.32 Å². The van der Waals surface area contributed by atoms with Crippen molar-refractivity contribution in [1.82, 2.24) is 10.2 Å². The summed E-state index contributed by atoms with van der Waals surface area (Å²) >= 11 is 5.88. The van der Waals surface area contributed by atoms with Crippen LogP contribution in [0, 0.1) is 11.8 Å². The summed E-state index contributed by atoms with van der Waals surface area (Å²) in [4.78, 5) is 25.7. The fraction of sp³-hybridized carbons (Fsp3) is 0.579. The van der Waals surface area contributed by atoms with E-state index in [0.29, 0.717) is 42.7 Å². The van der Waals surface area contributed by atoms with E-state index in [-0.39, 0.29) is 17.9 Å². The minimum Gasteiger partial charge on any atom is -0.391 e. The van der Waals surface area contributed by atoms with Crippen LogP contribution in [0.1, 0.15) is 31.7 Å². The standard InChI is InChI=1S/C19H25ClN2O3/c1-12(23)21-17-8-14-10-22(11-15(14)9-18(17)24)19(25)7-4-13-2-5-16(20)6-3-13/h2-3,5-6,14-15,17-18,24H,4,7-11H2,1H3,(H,21,23)/t14-,15+,17-,18-/m1/s1. The van der Waals surface area contributed by atoms with Crippen molar-refractivity contribution < 1.29 is 14.7 Å². The van der Waals surface area contributed by atoms with Gasteiger partial charge >= 0.3 is 0 Å². The summed E-state index contributed by atoms with van der Waals surface area (Å²) in [5, 5.41) is 13.8. The highest BCUT2D eigenvalue weighted by Gasteiger charge is 2.42. The Kier molecular flexibility index (Phi) is 5.64. The topological polar surface area (TPSA) is 69.6 Å². The largest absolute Gasteiger partial charge is 0.391 e. The number of benzene rings is 1. The normalized spacial score (nSPS) is 28.5. The van der Waals surface area contributed by atoms with Crippen LogP contribution in [0.3, 0.4) is 0 Å². The number of aliphatic hydroxyl groups excluding tert-OH is 1. The molecule has 1 saturated heterocycles. The van der Waals surface area contributed by atoms with Gasteiger partial charge in [0.15, 0.2) is 0 Å². The zero-order valence-corrected chi connectivity index (χ0v) is 15.2. The predicted molar refractivity (Wildman–Crippen MR) is 96.2 cm³/mol. The van der Waals surface area contributed by atoms with Gasteiger partial charge in [-0.25, -0.2) is 0 Å². The van der Waals surface area contributed by atoms with Crippen molar-refractivity contribution in [2.45, 2.75) is 44.8 Å². The molecule has 1 saturated carbocycles. The Morgan fingerprint density at radius 1 is 1.20 bits per heavy atom. The lowest BCUT2D eigenvalue weighted by atomic mass is 9.77. The minimum absolute atomic E-state index is 0.114. The highest BCUT2D eigenvalue weighted by molar-refractivity contribution is 6.30. The Hall–Kier alpha value is -1.59. The molecule has 1 aromatic carbocycles. The maximum atomic E-state index is 12.5. The first-order valence-corrected chi connectivity index (χ1v) is 9.27. The van der Waals surface area contributed by atoms with Crippen molar-refractivity contribution in [3.8, 4) is 0 Å². The van der Waals surface area contributed by atoms with Gasteiger partial charge in [-0.3, -0.25) is 9.59 Å². The van der Waals surface area contributed by atoms with Gasteiger partial charge < -0.3 is 15.3 Å². The fourth-order valence-electron chi connectivity index (χ4n) is 4.11. The Balaban J connectivity index is 1.52. The van der Waals surface area contributed by atoms with Gasteiger partial charge in [0.25, 0.3) is 0 Å². The number of carbonyl (C=O) groups is 2. The molecule has 3 rings (SSSR count). The molecule has 1 aromatic rings. The van der Waals surface area contributed by atoms with Crippen molar-refractivity contribution in [2.75, 3.05) is 13.1 Å². The number of nitrogens with zero attached hydrogens (tertiary/aromatic N) is 1. The van der Waals surface area contributed by atoms with Crippen LogP contribution >= 0.6 is 11.6 Å². The molecular formula is C19H25ClN2O3. The number of likely N-dealkylation sites (tertiary alicyclic amines) is 1. The van der Waals surface area contributed by atoms with E-state index in [1.165, 1.54) is 6.92 Å². The van der Waals surface area contributed by atoms with E-state index in [0.717, 1.165) is 18.5 Å². The quantitative estimate of drug-likeness (QED) is 0.858. The van der Waals surface area contributed by atoms with Crippen molar-refractivity contribution in [3.05, 3.63) is 34.9 Å². The number of aliphatic hydroxyl groups is 1. The monoisotopic (exact) mass is 364 g/mol. The van der Waals surface area contributed by atoms with Crippen LogP contribution in [0.2, 0.25) is 5.02 Å². The second kappa shape index (κ2) is 7.75. The van der Waals surface area contributed by atoms with Crippen molar-refractivity contribution in [2.24, 2.45) is 11.8 Å². The summed E-state index contributed by atoms with van der Waals surface area (Å²) < 4.78 is 0. The molecule has 1 heterocycles. The van der Waals surface area contributed by atoms with Gasteiger partial charge in [0.2, 0.25) is 11.8 Å². The SMILES string of the molecule is CC(=O)N[C@@H]1C[C@@H]2CN(C(=O)CCc3ccc(Cl)cc3)C[C@@H]2C[C@H]1O. The van der Waals surface area contributed by atoms with E-state index in [1.54, 1.807) is 0 Å². The molecule has 0 unspecified atom stereocenters. The first-order valence-electron chi connectivity index (χ1n) is 8.89. The highest BCUT2D eigenvalue weighted by atomic mass is 35.5. The van der Waals surface area contributed by atoms with Gasteiger partial charge in [-0.15, -0.1) is 0 Å².